The lowest BCUT2D eigenvalue weighted by atomic mass is 10.3. The van der Waals surface area contributed by atoms with Gasteiger partial charge in [0, 0.05) is 26.4 Å². The highest BCUT2D eigenvalue weighted by molar-refractivity contribution is 9.13. The van der Waals surface area contributed by atoms with E-state index in [0.29, 0.717) is 5.84 Å². The van der Waals surface area contributed by atoms with Crippen LogP contribution in [-0.4, -0.2) is 12.4 Å². The van der Waals surface area contributed by atoms with Gasteiger partial charge in [-0.15, -0.1) is 0 Å². The fourth-order valence-corrected chi connectivity index (χ4v) is 2.89. The Bertz CT molecular complexity index is 431. The predicted octanol–water partition coefficient (Wildman–Crippen LogP) is 3.46. The van der Waals surface area contributed by atoms with Crippen LogP contribution in [0.25, 0.3) is 0 Å². The highest BCUT2D eigenvalue weighted by Crippen LogP contribution is 2.36. The number of amidine groups is 1. The molecular formula is C9H8Br3N3. The lowest BCUT2D eigenvalue weighted by molar-refractivity contribution is 0.918. The van der Waals surface area contributed by atoms with Gasteiger partial charge in [0.2, 0.25) is 0 Å². The van der Waals surface area contributed by atoms with E-state index in [1.54, 1.807) is 0 Å². The maximum Gasteiger partial charge on any atom is 0.122 e. The average Bonchev–Trinajstić information content (AvgIpc) is 2.58. The fourth-order valence-electron chi connectivity index (χ4n) is 1.36. The zero-order valence-electron chi connectivity index (χ0n) is 7.67. The Balaban J connectivity index is 2.40. The van der Waals surface area contributed by atoms with E-state index in [1.807, 2.05) is 17.1 Å². The molecule has 6 heteroatoms. The van der Waals surface area contributed by atoms with Crippen LogP contribution in [0.1, 0.15) is 6.42 Å². The Kier molecular flexibility index (Phi) is 3.37. The second-order valence-corrected chi connectivity index (χ2v) is 5.75. The van der Waals surface area contributed by atoms with E-state index in [-0.39, 0.29) is 0 Å². The molecule has 1 aromatic carbocycles. The molecule has 0 aliphatic carbocycles. The molecule has 2 N–H and O–H groups in total. The van der Waals surface area contributed by atoms with E-state index < -0.39 is 0 Å². The molecule has 0 bridgehead atoms. The van der Waals surface area contributed by atoms with Gasteiger partial charge in [0.25, 0.3) is 0 Å². The van der Waals surface area contributed by atoms with E-state index in [2.05, 4.69) is 52.9 Å². The van der Waals surface area contributed by atoms with E-state index in [1.165, 1.54) is 0 Å². The molecule has 0 spiro atoms. The van der Waals surface area contributed by atoms with Crippen molar-refractivity contribution >= 4 is 59.3 Å². The lowest BCUT2D eigenvalue weighted by Gasteiger charge is -2.16. The zero-order chi connectivity index (χ0) is 11.0. The van der Waals surface area contributed by atoms with Crippen molar-refractivity contribution in [3.8, 4) is 0 Å². The summed E-state index contributed by atoms with van der Waals surface area (Å²) in [6.07, 6.45) is 0.820. The van der Waals surface area contributed by atoms with Crippen LogP contribution in [0.5, 0.6) is 0 Å². The van der Waals surface area contributed by atoms with Crippen molar-refractivity contribution in [3.05, 3.63) is 25.6 Å². The van der Waals surface area contributed by atoms with Crippen molar-refractivity contribution in [1.29, 1.82) is 0 Å². The summed E-state index contributed by atoms with van der Waals surface area (Å²) in [4.78, 5) is 0. The molecule has 0 aromatic heterocycles. The summed E-state index contributed by atoms with van der Waals surface area (Å²) in [6, 6.07) is 4.00. The first kappa shape index (κ1) is 11.4. The number of benzene rings is 1. The van der Waals surface area contributed by atoms with Crippen LogP contribution in [-0.2, 0) is 0 Å². The normalized spacial score (nSPS) is 15.7. The third kappa shape index (κ3) is 2.37. The molecule has 0 fully saturated rings. The van der Waals surface area contributed by atoms with Crippen LogP contribution in [0.2, 0.25) is 0 Å². The summed E-state index contributed by atoms with van der Waals surface area (Å²) in [6.45, 7) is 0.832. The molecule has 0 saturated carbocycles. The molecule has 15 heavy (non-hydrogen) atoms. The summed E-state index contributed by atoms with van der Waals surface area (Å²) in [5, 5.41) is 6.15. The Morgan fingerprint density at radius 2 is 1.80 bits per heavy atom. The molecule has 0 saturated heterocycles. The van der Waals surface area contributed by atoms with Crippen LogP contribution in [0.3, 0.4) is 0 Å². The highest BCUT2D eigenvalue weighted by atomic mass is 79.9. The van der Waals surface area contributed by atoms with Crippen LogP contribution >= 0.6 is 47.8 Å². The smallest absolute Gasteiger partial charge is 0.122 e. The van der Waals surface area contributed by atoms with Gasteiger partial charge in [0.15, 0.2) is 0 Å². The quantitative estimate of drug-likeness (QED) is 0.737. The summed E-state index contributed by atoms with van der Waals surface area (Å²) < 4.78 is 3.01. The van der Waals surface area contributed by atoms with Crippen molar-refractivity contribution in [3.63, 3.8) is 0 Å². The van der Waals surface area contributed by atoms with Crippen molar-refractivity contribution in [2.24, 2.45) is 10.8 Å². The highest BCUT2D eigenvalue weighted by Gasteiger charge is 2.17. The monoisotopic (exact) mass is 395 g/mol. The van der Waals surface area contributed by atoms with Gasteiger partial charge in [-0.1, -0.05) is 0 Å². The van der Waals surface area contributed by atoms with Crippen molar-refractivity contribution in [1.82, 2.24) is 0 Å². The van der Waals surface area contributed by atoms with E-state index in [0.717, 1.165) is 32.1 Å². The summed E-state index contributed by atoms with van der Waals surface area (Å²) in [5.41, 5.74) is 6.67. The van der Waals surface area contributed by atoms with E-state index in [9.17, 15) is 0 Å². The molecule has 1 aliphatic rings. The maximum absolute atomic E-state index is 5.65. The van der Waals surface area contributed by atoms with Gasteiger partial charge in [-0.05, 0) is 59.9 Å². The first-order chi connectivity index (χ1) is 7.08. The van der Waals surface area contributed by atoms with Crippen LogP contribution in [0.4, 0.5) is 5.69 Å². The standard InChI is InChI=1S/C9H8Br3N3/c10-5-3-7(12)8(4-6(5)11)15-2-1-9(13)14-15/h3-4H,1-2H2,(H2,13,14). The Hall–Kier alpha value is -0.0700. The number of anilines is 1. The molecule has 0 atom stereocenters. The number of hydrazone groups is 1. The minimum Gasteiger partial charge on any atom is -0.386 e. The Labute approximate surface area is 113 Å². The molecule has 1 aromatic rings. The molecule has 3 nitrogen and oxygen atoms in total. The first-order valence-electron chi connectivity index (χ1n) is 4.33. The molecule has 0 unspecified atom stereocenters. The second kappa shape index (κ2) is 4.43. The van der Waals surface area contributed by atoms with Gasteiger partial charge in [-0.2, -0.15) is 5.10 Å². The number of nitrogens with two attached hydrogens (primary N) is 1. The Morgan fingerprint density at radius 3 is 2.40 bits per heavy atom. The van der Waals surface area contributed by atoms with Crippen LogP contribution in [0, 0.1) is 0 Å². The summed E-state index contributed by atoms with van der Waals surface area (Å²) >= 11 is 10.4. The van der Waals surface area contributed by atoms with Crippen molar-refractivity contribution < 1.29 is 0 Å². The average molecular weight is 398 g/mol. The van der Waals surface area contributed by atoms with Gasteiger partial charge >= 0.3 is 0 Å². The largest absolute Gasteiger partial charge is 0.386 e. The van der Waals surface area contributed by atoms with Crippen LogP contribution in [0.15, 0.2) is 30.7 Å². The number of hydrogen-bond donors (Lipinski definition) is 1. The van der Waals surface area contributed by atoms with Gasteiger partial charge in [-0.25, -0.2) is 0 Å². The minimum absolute atomic E-state index is 0.681. The lowest BCUT2D eigenvalue weighted by Crippen LogP contribution is -2.12. The molecule has 1 heterocycles. The van der Waals surface area contributed by atoms with Gasteiger partial charge in [0.1, 0.15) is 5.84 Å². The third-order valence-corrected chi connectivity index (χ3v) is 4.58. The summed E-state index contributed by atoms with van der Waals surface area (Å²) in [5.74, 6) is 0.681. The van der Waals surface area contributed by atoms with Crippen LogP contribution < -0.4 is 10.7 Å². The SMILES string of the molecule is NC1=NN(c2cc(Br)c(Br)cc2Br)CC1. The van der Waals surface area contributed by atoms with Gasteiger partial charge in [0.05, 0.1) is 5.69 Å². The van der Waals surface area contributed by atoms with Gasteiger partial charge in [-0.3, -0.25) is 5.01 Å². The minimum atomic E-state index is 0.681. The molecule has 0 radical (unpaired) electrons. The first-order valence-corrected chi connectivity index (χ1v) is 6.71. The number of hydrogen-bond acceptors (Lipinski definition) is 3. The molecule has 0 amide bonds. The van der Waals surface area contributed by atoms with E-state index in [4.69, 9.17) is 5.73 Å². The predicted molar refractivity (Wildman–Crippen MR) is 73.1 cm³/mol. The number of rotatable bonds is 1. The second-order valence-electron chi connectivity index (χ2n) is 3.18. The van der Waals surface area contributed by atoms with Crippen molar-refractivity contribution in [2.75, 3.05) is 11.6 Å². The molecule has 80 valence electrons. The molecule has 2 rings (SSSR count). The van der Waals surface area contributed by atoms with E-state index >= 15 is 0 Å². The van der Waals surface area contributed by atoms with Gasteiger partial charge < -0.3 is 5.73 Å². The number of halogens is 3. The molecule has 1 aliphatic heterocycles. The Morgan fingerprint density at radius 1 is 1.13 bits per heavy atom. The summed E-state index contributed by atoms with van der Waals surface area (Å²) in [7, 11) is 0. The zero-order valence-corrected chi connectivity index (χ0v) is 12.4. The number of nitrogens with zero attached hydrogens (tertiary/aromatic N) is 2. The van der Waals surface area contributed by atoms with Crippen molar-refractivity contribution in [2.45, 2.75) is 6.42 Å². The topological polar surface area (TPSA) is 41.6 Å². The fraction of sp³-hybridized carbons (Fsp3) is 0.222. The maximum atomic E-state index is 5.65. The molecular weight excluding hydrogens is 390 g/mol. The third-order valence-electron chi connectivity index (χ3n) is 2.10.